The van der Waals surface area contributed by atoms with Crippen LogP contribution in [0.25, 0.3) is 0 Å². The lowest BCUT2D eigenvalue weighted by atomic mass is 9.94. The standard InChI is InChI=1S/C13H17ClN4O2/c1-13(20)4-2-6-18(7-13)10-8-3-5-15-11(19)9(8)16-12(14)17-10/h20H,2-7H2,1H3,(H,15,19). The monoisotopic (exact) mass is 296 g/mol. The molecule has 1 amide bonds. The Bertz CT molecular complexity index is 562. The molecule has 6 nitrogen and oxygen atoms in total. The third kappa shape index (κ3) is 2.45. The van der Waals surface area contributed by atoms with E-state index in [0.29, 0.717) is 31.0 Å². The largest absolute Gasteiger partial charge is 0.388 e. The predicted octanol–water partition coefficient (Wildman–Crippen LogP) is 0.767. The predicted molar refractivity (Wildman–Crippen MR) is 75.2 cm³/mol. The zero-order chi connectivity index (χ0) is 14.3. The van der Waals surface area contributed by atoms with E-state index in [2.05, 4.69) is 15.3 Å². The number of aromatic nitrogens is 2. The smallest absolute Gasteiger partial charge is 0.270 e. The third-order valence-electron chi connectivity index (χ3n) is 3.81. The maximum atomic E-state index is 11.9. The number of halogens is 1. The molecule has 0 aromatic carbocycles. The molecule has 2 aliphatic heterocycles. The van der Waals surface area contributed by atoms with Crippen molar-refractivity contribution in [3.63, 3.8) is 0 Å². The first-order valence-corrected chi connectivity index (χ1v) is 7.16. The van der Waals surface area contributed by atoms with Crippen LogP contribution in [0.3, 0.4) is 0 Å². The van der Waals surface area contributed by atoms with Crippen LogP contribution >= 0.6 is 11.6 Å². The summed E-state index contributed by atoms with van der Waals surface area (Å²) in [7, 11) is 0. The van der Waals surface area contributed by atoms with Crippen LogP contribution in [0.1, 0.15) is 35.8 Å². The third-order valence-corrected chi connectivity index (χ3v) is 3.98. The maximum Gasteiger partial charge on any atom is 0.270 e. The van der Waals surface area contributed by atoms with Crippen molar-refractivity contribution in [1.82, 2.24) is 15.3 Å². The van der Waals surface area contributed by atoms with E-state index in [9.17, 15) is 9.90 Å². The summed E-state index contributed by atoms with van der Waals surface area (Å²) in [5, 5.41) is 13.1. The Kier molecular flexibility index (Phi) is 3.30. The molecule has 1 unspecified atom stereocenters. The summed E-state index contributed by atoms with van der Waals surface area (Å²) in [6.45, 7) is 3.70. The van der Waals surface area contributed by atoms with E-state index in [1.165, 1.54) is 0 Å². The summed E-state index contributed by atoms with van der Waals surface area (Å²) < 4.78 is 0. The Morgan fingerprint density at radius 1 is 1.45 bits per heavy atom. The summed E-state index contributed by atoms with van der Waals surface area (Å²) in [6, 6.07) is 0. The lowest BCUT2D eigenvalue weighted by molar-refractivity contribution is 0.0446. The minimum Gasteiger partial charge on any atom is -0.388 e. The molecular weight excluding hydrogens is 280 g/mol. The molecule has 1 saturated heterocycles. The molecule has 7 heteroatoms. The van der Waals surface area contributed by atoms with Crippen LogP contribution < -0.4 is 10.2 Å². The Hall–Kier alpha value is -1.40. The number of fused-ring (bicyclic) bond motifs is 1. The first-order valence-electron chi connectivity index (χ1n) is 6.78. The van der Waals surface area contributed by atoms with Gasteiger partial charge in [0, 0.05) is 25.2 Å². The number of carbonyl (C=O) groups excluding carboxylic acids is 1. The second-order valence-electron chi connectivity index (χ2n) is 5.67. The molecule has 2 N–H and O–H groups in total. The van der Waals surface area contributed by atoms with Gasteiger partial charge in [0.05, 0.1) is 5.60 Å². The van der Waals surface area contributed by atoms with Crippen molar-refractivity contribution in [2.24, 2.45) is 0 Å². The van der Waals surface area contributed by atoms with Gasteiger partial charge in [-0.15, -0.1) is 0 Å². The van der Waals surface area contributed by atoms with Crippen LogP contribution in [0.2, 0.25) is 5.28 Å². The van der Waals surface area contributed by atoms with Gasteiger partial charge in [-0.1, -0.05) is 0 Å². The van der Waals surface area contributed by atoms with Gasteiger partial charge in [-0.2, -0.15) is 0 Å². The van der Waals surface area contributed by atoms with Crippen LogP contribution in [0.5, 0.6) is 0 Å². The van der Waals surface area contributed by atoms with Crippen molar-refractivity contribution < 1.29 is 9.90 Å². The molecule has 1 aromatic heterocycles. The van der Waals surface area contributed by atoms with E-state index in [1.54, 1.807) is 0 Å². The zero-order valence-electron chi connectivity index (χ0n) is 11.3. The highest BCUT2D eigenvalue weighted by Gasteiger charge is 2.32. The van der Waals surface area contributed by atoms with Gasteiger partial charge in [0.2, 0.25) is 5.28 Å². The molecule has 1 fully saturated rings. The summed E-state index contributed by atoms with van der Waals surface area (Å²) in [6.07, 6.45) is 2.34. The lowest BCUT2D eigenvalue weighted by Gasteiger charge is -2.38. The number of nitrogens with one attached hydrogen (secondary N) is 1. The quantitative estimate of drug-likeness (QED) is 0.748. The normalized spacial score (nSPS) is 26.1. The Labute approximate surface area is 122 Å². The first kappa shape index (κ1) is 13.6. The molecule has 0 aliphatic carbocycles. The average Bonchev–Trinajstić information content (AvgIpc) is 2.38. The molecule has 3 rings (SSSR count). The van der Waals surface area contributed by atoms with Crippen LogP contribution in [-0.4, -0.2) is 46.2 Å². The van der Waals surface area contributed by atoms with E-state index in [4.69, 9.17) is 11.6 Å². The molecule has 108 valence electrons. The number of amides is 1. The molecule has 0 bridgehead atoms. The summed E-state index contributed by atoms with van der Waals surface area (Å²) in [5.74, 6) is 0.482. The molecule has 0 spiro atoms. The maximum absolute atomic E-state index is 11.9. The number of rotatable bonds is 1. The van der Waals surface area contributed by atoms with Gasteiger partial charge >= 0.3 is 0 Å². The van der Waals surface area contributed by atoms with Crippen LogP contribution in [0.4, 0.5) is 5.82 Å². The first-order chi connectivity index (χ1) is 9.46. The second-order valence-corrected chi connectivity index (χ2v) is 6.01. The number of carbonyl (C=O) groups is 1. The molecular formula is C13H17ClN4O2. The fourth-order valence-electron chi connectivity index (χ4n) is 2.91. The van der Waals surface area contributed by atoms with Crippen LogP contribution in [0.15, 0.2) is 0 Å². The minimum absolute atomic E-state index is 0.0704. The molecule has 0 saturated carbocycles. The fraction of sp³-hybridized carbons (Fsp3) is 0.615. The number of hydrogen-bond acceptors (Lipinski definition) is 5. The minimum atomic E-state index is -0.737. The van der Waals surface area contributed by atoms with Gasteiger partial charge < -0.3 is 15.3 Å². The highest BCUT2D eigenvalue weighted by Crippen LogP contribution is 2.30. The van der Waals surface area contributed by atoms with Crippen LogP contribution in [0, 0.1) is 0 Å². The van der Waals surface area contributed by atoms with Crippen molar-refractivity contribution in [2.75, 3.05) is 24.5 Å². The Balaban J connectivity index is 2.03. The van der Waals surface area contributed by atoms with E-state index in [-0.39, 0.29) is 11.2 Å². The summed E-state index contributed by atoms with van der Waals surface area (Å²) in [5.41, 5.74) is 0.451. The molecule has 2 aliphatic rings. The van der Waals surface area contributed by atoms with Gasteiger partial charge in [0.25, 0.3) is 5.91 Å². The SMILES string of the molecule is CC1(O)CCCN(c2nc(Cl)nc3c2CCNC3=O)C1. The summed E-state index contributed by atoms with van der Waals surface area (Å²) >= 11 is 5.95. The highest BCUT2D eigenvalue weighted by molar-refractivity contribution is 6.28. The van der Waals surface area contributed by atoms with Gasteiger partial charge in [0.15, 0.2) is 0 Å². The lowest BCUT2D eigenvalue weighted by Crippen LogP contribution is -2.47. The molecule has 0 radical (unpaired) electrons. The van der Waals surface area contributed by atoms with Crippen molar-refractivity contribution in [3.8, 4) is 0 Å². The number of hydrogen-bond donors (Lipinski definition) is 2. The van der Waals surface area contributed by atoms with Crippen molar-refractivity contribution in [2.45, 2.75) is 31.8 Å². The highest BCUT2D eigenvalue weighted by atomic mass is 35.5. The molecule has 3 heterocycles. The number of nitrogens with zero attached hydrogens (tertiary/aromatic N) is 3. The topological polar surface area (TPSA) is 78.3 Å². The van der Waals surface area contributed by atoms with E-state index < -0.39 is 5.60 Å². The zero-order valence-corrected chi connectivity index (χ0v) is 12.1. The van der Waals surface area contributed by atoms with Crippen molar-refractivity contribution in [3.05, 3.63) is 16.5 Å². The molecule has 1 atom stereocenters. The number of aliphatic hydroxyl groups is 1. The summed E-state index contributed by atoms with van der Waals surface area (Å²) in [4.78, 5) is 22.2. The number of piperidine rings is 1. The van der Waals surface area contributed by atoms with E-state index in [1.807, 2.05) is 11.8 Å². The van der Waals surface area contributed by atoms with Crippen molar-refractivity contribution in [1.29, 1.82) is 0 Å². The average molecular weight is 297 g/mol. The fourth-order valence-corrected chi connectivity index (χ4v) is 3.08. The Morgan fingerprint density at radius 3 is 3.00 bits per heavy atom. The van der Waals surface area contributed by atoms with Gasteiger partial charge in [-0.3, -0.25) is 4.79 Å². The second kappa shape index (κ2) is 4.86. The van der Waals surface area contributed by atoms with Gasteiger partial charge in [-0.25, -0.2) is 9.97 Å². The number of β-amino-alcohol motifs (C(OH)–C–C–N with tert-alkyl or cyclic N) is 1. The van der Waals surface area contributed by atoms with E-state index >= 15 is 0 Å². The van der Waals surface area contributed by atoms with E-state index in [0.717, 1.165) is 24.9 Å². The Morgan fingerprint density at radius 2 is 2.25 bits per heavy atom. The van der Waals surface area contributed by atoms with Crippen LogP contribution in [-0.2, 0) is 6.42 Å². The molecule has 20 heavy (non-hydrogen) atoms. The van der Waals surface area contributed by atoms with Crippen molar-refractivity contribution >= 4 is 23.3 Å². The molecule has 1 aromatic rings. The van der Waals surface area contributed by atoms with Gasteiger partial charge in [-0.05, 0) is 37.8 Å². The number of anilines is 1. The van der Waals surface area contributed by atoms with Gasteiger partial charge in [0.1, 0.15) is 11.5 Å².